The van der Waals surface area contributed by atoms with Gasteiger partial charge in [0, 0.05) is 35.1 Å². The average Bonchev–Trinajstić information content (AvgIpc) is 3.24. The summed E-state index contributed by atoms with van der Waals surface area (Å²) in [5.41, 5.74) is 1.83. The Morgan fingerprint density at radius 2 is 1.19 bits per heavy atom. The van der Waals surface area contributed by atoms with E-state index in [2.05, 4.69) is 0 Å². The second-order valence-corrected chi connectivity index (χ2v) is 6.69. The van der Waals surface area contributed by atoms with Crippen molar-refractivity contribution in [3.63, 3.8) is 0 Å². The van der Waals surface area contributed by atoms with Gasteiger partial charge in [0.2, 0.25) is 0 Å². The fourth-order valence-electron chi connectivity index (χ4n) is 4.06. The standard InChI is InChI=1S/C20H22O6/c1-23-17-7-11(21)3-5-13(17)19-15-9-26-20(16(15)10-25-19)14-6-4-12(22)8-18(14)24-2/h3-8,15-16,19-22H,9-10H2,1-2H3. The van der Waals surface area contributed by atoms with Crippen LogP contribution < -0.4 is 9.47 Å². The van der Waals surface area contributed by atoms with Crippen molar-refractivity contribution in [1.82, 2.24) is 0 Å². The zero-order valence-corrected chi connectivity index (χ0v) is 14.7. The number of hydrogen-bond donors (Lipinski definition) is 2. The van der Waals surface area contributed by atoms with Gasteiger partial charge in [-0.3, -0.25) is 0 Å². The molecule has 2 aliphatic rings. The van der Waals surface area contributed by atoms with E-state index in [0.717, 1.165) is 11.1 Å². The van der Waals surface area contributed by atoms with Crippen molar-refractivity contribution in [3.05, 3.63) is 47.5 Å². The van der Waals surface area contributed by atoms with Crippen LogP contribution in [0.15, 0.2) is 36.4 Å². The quantitative estimate of drug-likeness (QED) is 0.874. The van der Waals surface area contributed by atoms with Gasteiger partial charge in [0.25, 0.3) is 0 Å². The lowest BCUT2D eigenvalue weighted by atomic mass is 9.84. The number of ether oxygens (including phenoxy) is 4. The van der Waals surface area contributed by atoms with Crippen LogP contribution in [0, 0.1) is 11.8 Å². The second kappa shape index (κ2) is 6.70. The molecule has 4 unspecified atom stereocenters. The maximum atomic E-state index is 9.69. The van der Waals surface area contributed by atoms with Crippen LogP contribution in [0.3, 0.4) is 0 Å². The van der Waals surface area contributed by atoms with Crippen molar-refractivity contribution in [1.29, 1.82) is 0 Å². The summed E-state index contributed by atoms with van der Waals surface area (Å²) in [7, 11) is 3.17. The van der Waals surface area contributed by atoms with Crippen molar-refractivity contribution in [2.24, 2.45) is 11.8 Å². The van der Waals surface area contributed by atoms with E-state index < -0.39 is 0 Å². The molecule has 0 aliphatic carbocycles. The first-order valence-corrected chi connectivity index (χ1v) is 8.59. The number of phenols is 2. The number of methoxy groups -OCH3 is 2. The Hall–Kier alpha value is -2.44. The largest absolute Gasteiger partial charge is 0.508 e. The van der Waals surface area contributed by atoms with Gasteiger partial charge in [-0.25, -0.2) is 0 Å². The van der Waals surface area contributed by atoms with Crippen molar-refractivity contribution in [2.75, 3.05) is 27.4 Å². The minimum Gasteiger partial charge on any atom is -0.508 e. The molecule has 0 radical (unpaired) electrons. The van der Waals surface area contributed by atoms with Gasteiger partial charge in [0.15, 0.2) is 0 Å². The SMILES string of the molecule is COc1cc(O)ccc1C1OCC2C(c3ccc(O)cc3OC)OCC12. The predicted molar refractivity (Wildman–Crippen MR) is 93.7 cm³/mol. The molecule has 2 heterocycles. The summed E-state index contributed by atoms with van der Waals surface area (Å²) in [5, 5.41) is 19.4. The molecule has 6 heteroatoms. The summed E-state index contributed by atoms with van der Waals surface area (Å²) in [6.07, 6.45) is -0.299. The fraction of sp³-hybridized carbons (Fsp3) is 0.400. The minimum atomic E-state index is -0.149. The van der Waals surface area contributed by atoms with Gasteiger partial charge < -0.3 is 29.2 Å². The third kappa shape index (κ3) is 2.75. The molecule has 2 N–H and O–H groups in total. The molecule has 2 aromatic carbocycles. The van der Waals surface area contributed by atoms with E-state index in [4.69, 9.17) is 18.9 Å². The van der Waals surface area contributed by atoms with Gasteiger partial charge in [0.1, 0.15) is 23.0 Å². The van der Waals surface area contributed by atoms with Crippen LogP contribution in [0.1, 0.15) is 23.3 Å². The molecule has 0 spiro atoms. The van der Waals surface area contributed by atoms with Gasteiger partial charge in [-0.15, -0.1) is 0 Å². The van der Waals surface area contributed by atoms with Gasteiger partial charge >= 0.3 is 0 Å². The Labute approximate surface area is 151 Å². The Morgan fingerprint density at radius 1 is 0.769 bits per heavy atom. The number of hydrogen-bond acceptors (Lipinski definition) is 6. The topological polar surface area (TPSA) is 77.4 Å². The molecule has 0 amide bonds. The number of fused-ring (bicyclic) bond motifs is 1. The predicted octanol–water partition coefficient (Wildman–Crippen LogP) is 3.19. The van der Waals surface area contributed by atoms with Crippen LogP contribution >= 0.6 is 0 Å². The van der Waals surface area contributed by atoms with Crippen LogP contribution in [0.25, 0.3) is 0 Å². The van der Waals surface area contributed by atoms with Crippen LogP contribution in [-0.2, 0) is 9.47 Å². The third-order valence-corrected chi connectivity index (χ3v) is 5.31. The highest BCUT2D eigenvalue weighted by atomic mass is 16.5. The monoisotopic (exact) mass is 358 g/mol. The molecule has 2 aliphatic heterocycles. The lowest BCUT2D eigenvalue weighted by Gasteiger charge is -2.19. The summed E-state index contributed by atoms with van der Waals surface area (Å²) in [6, 6.07) is 10.2. The van der Waals surface area contributed by atoms with Crippen molar-refractivity contribution in [2.45, 2.75) is 12.2 Å². The van der Waals surface area contributed by atoms with E-state index >= 15 is 0 Å². The Balaban J connectivity index is 1.62. The van der Waals surface area contributed by atoms with Crippen LogP contribution in [0.4, 0.5) is 0 Å². The van der Waals surface area contributed by atoms with E-state index in [-0.39, 0.29) is 35.5 Å². The number of phenolic OH excluding ortho intramolecular Hbond substituents is 2. The van der Waals surface area contributed by atoms with Gasteiger partial charge in [-0.2, -0.15) is 0 Å². The normalized spacial score (nSPS) is 27.3. The lowest BCUT2D eigenvalue weighted by molar-refractivity contribution is 0.0178. The summed E-state index contributed by atoms with van der Waals surface area (Å²) < 4.78 is 23.1. The molecule has 26 heavy (non-hydrogen) atoms. The lowest BCUT2D eigenvalue weighted by Crippen LogP contribution is -2.15. The van der Waals surface area contributed by atoms with Crippen molar-refractivity contribution in [3.8, 4) is 23.0 Å². The van der Waals surface area contributed by atoms with Crippen LogP contribution in [0.2, 0.25) is 0 Å². The molecular formula is C20H22O6. The van der Waals surface area contributed by atoms with Gasteiger partial charge in [-0.1, -0.05) is 0 Å². The zero-order chi connectivity index (χ0) is 18.3. The molecule has 2 fully saturated rings. The van der Waals surface area contributed by atoms with Crippen molar-refractivity contribution < 1.29 is 29.2 Å². The average molecular weight is 358 g/mol. The first kappa shape index (κ1) is 17.0. The van der Waals surface area contributed by atoms with E-state index in [1.54, 1.807) is 38.5 Å². The molecule has 2 aromatic rings. The van der Waals surface area contributed by atoms with Crippen molar-refractivity contribution >= 4 is 0 Å². The van der Waals surface area contributed by atoms with Gasteiger partial charge in [-0.05, 0) is 24.3 Å². The summed E-state index contributed by atoms with van der Waals surface area (Å²) in [4.78, 5) is 0. The highest BCUT2D eigenvalue weighted by Gasteiger charge is 2.49. The molecule has 0 bridgehead atoms. The van der Waals surface area contributed by atoms with Gasteiger partial charge in [0.05, 0.1) is 39.6 Å². The first-order valence-electron chi connectivity index (χ1n) is 8.59. The highest BCUT2D eigenvalue weighted by molar-refractivity contribution is 5.44. The molecule has 138 valence electrons. The van der Waals surface area contributed by atoms with E-state index in [1.165, 1.54) is 0 Å². The summed E-state index contributed by atoms with van der Waals surface area (Å²) >= 11 is 0. The molecule has 2 saturated heterocycles. The van der Waals surface area contributed by atoms with E-state index in [0.29, 0.717) is 24.7 Å². The fourth-order valence-corrected chi connectivity index (χ4v) is 4.06. The second-order valence-electron chi connectivity index (χ2n) is 6.69. The molecule has 4 atom stereocenters. The maximum Gasteiger partial charge on any atom is 0.128 e. The maximum absolute atomic E-state index is 9.69. The molecular weight excluding hydrogens is 336 g/mol. The number of rotatable bonds is 4. The zero-order valence-electron chi connectivity index (χ0n) is 14.7. The summed E-state index contributed by atoms with van der Waals surface area (Å²) in [6.45, 7) is 1.13. The van der Waals surface area contributed by atoms with E-state index in [9.17, 15) is 10.2 Å². The molecule has 0 aromatic heterocycles. The molecule has 4 rings (SSSR count). The highest BCUT2D eigenvalue weighted by Crippen LogP contribution is 2.53. The Morgan fingerprint density at radius 3 is 1.58 bits per heavy atom. The third-order valence-electron chi connectivity index (χ3n) is 5.31. The number of benzene rings is 2. The summed E-state index contributed by atoms with van der Waals surface area (Å²) in [5.74, 6) is 1.90. The first-order chi connectivity index (χ1) is 12.6. The van der Waals surface area contributed by atoms with Crippen LogP contribution in [0.5, 0.6) is 23.0 Å². The minimum absolute atomic E-state index is 0.149. The molecule has 0 saturated carbocycles. The molecule has 6 nitrogen and oxygen atoms in total. The Bertz CT molecular complexity index is 737. The van der Waals surface area contributed by atoms with Crippen LogP contribution in [-0.4, -0.2) is 37.6 Å². The van der Waals surface area contributed by atoms with E-state index in [1.807, 2.05) is 12.1 Å². The number of aromatic hydroxyl groups is 2. The smallest absolute Gasteiger partial charge is 0.128 e. The Kier molecular flexibility index (Phi) is 4.38.